The number of benzene rings is 4. The molecular weight excluding hydrogens is 941 g/mol. The minimum absolute atomic E-state index is 0.0302. The molecule has 2 aliphatic carbocycles. The second-order valence-electron chi connectivity index (χ2n) is 24.2. The van der Waals surface area contributed by atoms with Crippen molar-refractivity contribution in [3.63, 3.8) is 0 Å². The zero-order valence-corrected chi connectivity index (χ0v) is 49.9. The number of aromatic nitrogens is 2. The summed E-state index contributed by atoms with van der Waals surface area (Å²) in [4.78, 5) is 2.84. The van der Waals surface area contributed by atoms with Crippen LogP contribution in [0.15, 0.2) is 60.7 Å². The van der Waals surface area contributed by atoms with Crippen molar-refractivity contribution in [2.45, 2.75) is 234 Å². The Balaban J connectivity index is 1.36. The summed E-state index contributed by atoms with van der Waals surface area (Å²) < 4.78 is 12.7. The fraction of sp³-hybridized carbons (Fsp3) is 0.588. The Kier molecular flexibility index (Phi) is 17.5. The lowest BCUT2D eigenvalue weighted by molar-refractivity contribution is 0.264. The second kappa shape index (κ2) is 23.5. The molecule has 4 atom stereocenters. The summed E-state index contributed by atoms with van der Waals surface area (Å²) in [7, 11) is 0. The van der Waals surface area contributed by atoms with Crippen molar-refractivity contribution in [2.75, 3.05) is 0 Å². The Hall–Kier alpha value is -3.38. The van der Waals surface area contributed by atoms with Gasteiger partial charge in [0.1, 0.15) is 11.0 Å². The Morgan fingerprint density at radius 3 is 1.26 bits per heavy atom. The van der Waals surface area contributed by atoms with Crippen LogP contribution in [0.5, 0.6) is 0 Å². The largest absolute Gasteiger partial charge is 0.173 e. The molecule has 4 unspecified atom stereocenters. The SMILES string of the molecule is CCCCC(CC)CC1(CC(CC)CCCC)c2cc3c(cc2-c2cc4sc(-c5ccc(C(C)C)c6nsnc56)cc4cc21)C(CC(CC)CCCC)(CC(CC)CCCC)c1cc2cc(C(C)C)sc2cc1-3. The van der Waals surface area contributed by atoms with Crippen LogP contribution in [0.3, 0.4) is 0 Å². The predicted octanol–water partition coefficient (Wildman–Crippen LogP) is 23.0. The van der Waals surface area contributed by atoms with E-state index in [1.54, 1.807) is 38.9 Å². The first-order valence-corrected chi connectivity index (χ1v) is 32.4. The number of nitrogens with zero attached hydrogens (tertiary/aromatic N) is 2. The molecule has 392 valence electrons. The molecule has 0 spiro atoms. The van der Waals surface area contributed by atoms with Crippen molar-refractivity contribution in [3.8, 4) is 32.7 Å². The Labute approximate surface area is 455 Å². The Morgan fingerprint density at radius 1 is 0.425 bits per heavy atom. The first-order valence-electron chi connectivity index (χ1n) is 30.0. The number of hydrogen-bond donors (Lipinski definition) is 0. The van der Waals surface area contributed by atoms with Gasteiger partial charge in [0.05, 0.1) is 11.7 Å². The molecule has 0 aliphatic heterocycles. The number of unbranched alkanes of at least 4 members (excludes halogenated alkanes) is 4. The van der Waals surface area contributed by atoms with E-state index in [9.17, 15) is 0 Å². The molecule has 0 saturated heterocycles. The molecule has 5 heteroatoms. The number of thiophene rings is 2. The fourth-order valence-corrected chi connectivity index (χ4v) is 17.1. The van der Waals surface area contributed by atoms with Crippen molar-refractivity contribution < 1.29 is 0 Å². The highest BCUT2D eigenvalue weighted by atomic mass is 32.1. The number of fused-ring (bicyclic) bond motifs is 9. The van der Waals surface area contributed by atoms with Crippen molar-refractivity contribution in [1.29, 1.82) is 0 Å². The first-order chi connectivity index (χ1) is 35.4. The summed E-state index contributed by atoms with van der Waals surface area (Å²) in [6.45, 7) is 28.9. The van der Waals surface area contributed by atoms with E-state index in [1.165, 1.54) is 187 Å². The van der Waals surface area contributed by atoms with Crippen LogP contribution in [0.1, 0.15) is 256 Å². The molecule has 2 aliphatic rings. The van der Waals surface area contributed by atoms with E-state index in [1.807, 2.05) is 11.3 Å². The minimum atomic E-state index is -0.0622. The zero-order chi connectivity index (χ0) is 51.6. The van der Waals surface area contributed by atoms with Crippen LogP contribution in [-0.2, 0) is 10.8 Å². The van der Waals surface area contributed by atoms with Crippen molar-refractivity contribution >= 4 is 65.6 Å². The second-order valence-corrected chi connectivity index (χ2v) is 26.9. The number of hydrogen-bond acceptors (Lipinski definition) is 5. The van der Waals surface area contributed by atoms with Gasteiger partial charge in [0, 0.05) is 35.5 Å². The molecule has 3 heterocycles. The highest BCUT2D eigenvalue weighted by Crippen LogP contribution is 2.64. The Bertz CT molecular complexity index is 2940. The molecule has 9 rings (SSSR count). The van der Waals surface area contributed by atoms with Crippen molar-refractivity contribution in [3.05, 3.63) is 93.4 Å². The van der Waals surface area contributed by atoms with Crippen LogP contribution in [0.4, 0.5) is 0 Å². The van der Waals surface area contributed by atoms with E-state index < -0.39 is 0 Å². The molecule has 4 aromatic carbocycles. The monoisotopic (exact) mass is 1030 g/mol. The van der Waals surface area contributed by atoms with Crippen LogP contribution in [0.25, 0.3) is 63.9 Å². The average molecular weight is 1030 g/mol. The molecule has 0 fully saturated rings. The summed E-state index contributed by atoms with van der Waals surface area (Å²) in [6, 6.07) is 26.5. The van der Waals surface area contributed by atoms with Gasteiger partial charge in [0.15, 0.2) is 0 Å². The summed E-state index contributed by atoms with van der Waals surface area (Å²) in [5, 5.41) is 2.88. The average Bonchev–Trinajstić information content (AvgIpc) is 4.24. The van der Waals surface area contributed by atoms with E-state index in [-0.39, 0.29) is 10.8 Å². The number of rotatable bonds is 27. The quantitative estimate of drug-likeness (QED) is 0.0513. The van der Waals surface area contributed by atoms with Gasteiger partial charge >= 0.3 is 0 Å². The topological polar surface area (TPSA) is 25.8 Å². The smallest absolute Gasteiger partial charge is 0.113 e. The lowest BCUT2D eigenvalue weighted by Gasteiger charge is -2.40. The molecule has 0 amide bonds. The maximum absolute atomic E-state index is 4.97. The van der Waals surface area contributed by atoms with Crippen molar-refractivity contribution in [1.82, 2.24) is 8.75 Å². The van der Waals surface area contributed by atoms with Gasteiger partial charge in [-0.15, -0.1) is 22.7 Å². The van der Waals surface area contributed by atoms with Crippen LogP contribution in [0, 0.1) is 23.7 Å². The van der Waals surface area contributed by atoms with Crippen LogP contribution < -0.4 is 0 Å². The fourth-order valence-electron chi connectivity index (χ4n) is 14.3. The third kappa shape index (κ3) is 10.3. The van der Waals surface area contributed by atoms with E-state index in [0.717, 1.165) is 11.0 Å². The molecule has 0 N–H and O–H groups in total. The van der Waals surface area contributed by atoms with Gasteiger partial charge in [-0.1, -0.05) is 198 Å². The molecular formula is C68H92N2S3. The van der Waals surface area contributed by atoms with E-state index in [2.05, 4.69) is 155 Å². The summed E-state index contributed by atoms with van der Waals surface area (Å²) in [5.74, 6) is 3.67. The minimum Gasteiger partial charge on any atom is -0.173 e. The lowest BCUT2D eigenvalue weighted by Crippen LogP contribution is -2.32. The van der Waals surface area contributed by atoms with Gasteiger partial charge in [-0.2, -0.15) is 8.75 Å². The van der Waals surface area contributed by atoms with Gasteiger partial charge < -0.3 is 0 Å². The van der Waals surface area contributed by atoms with Gasteiger partial charge in [0.2, 0.25) is 0 Å². The van der Waals surface area contributed by atoms with Gasteiger partial charge in [-0.05, 0) is 171 Å². The molecule has 0 radical (unpaired) electrons. The van der Waals surface area contributed by atoms with Crippen LogP contribution >= 0.6 is 34.4 Å². The third-order valence-corrected chi connectivity index (χ3v) is 21.8. The molecule has 73 heavy (non-hydrogen) atoms. The van der Waals surface area contributed by atoms with Gasteiger partial charge in [-0.3, -0.25) is 0 Å². The third-order valence-electron chi connectivity index (χ3n) is 18.8. The normalized spacial score (nSPS) is 18.8. The molecule has 2 nitrogen and oxygen atoms in total. The van der Waals surface area contributed by atoms with E-state index in [0.29, 0.717) is 35.5 Å². The standard InChI is InChI=1S/C68H92N2S3/c1-13-21-25-45(17-5)39-67(40-46(18-6)26-22-14-2)57-31-49-33-61(44(11)12)71-62(49)37-55(57)53-35-60-54(36-59(53)67)56-38-63-50(34-64(72-63)52-30-29-51(43(9)10)65-66(52)70-73-69-65)32-58(56)68(60,41-47(19-7)27-23-15-3)42-48(20-8)28-24-16-4/h29-38,43-48H,13-28,39-42H2,1-12H3. The maximum atomic E-state index is 4.97. The molecule has 7 aromatic rings. The lowest BCUT2D eigenvalue weighted by atomic mass is 9.63. The Morgan fingerprint density at radius 2 is 0.836 bits per heavy atom. The van der Waals surface area contributed by atoms with E-state index in [4.69, 9.17) is 8.75 Å². The first kappa shape index (κ1) is 54.4. The van der Waals surface area contributed by atoms with Gasteiger partial charge in [-0.25, -0.2) is 0 Å². The molecule has 3 aromatic heterocycles. The maximum Gasteiger partial charge on any atom is 0.113 e. The highest BCUT2D eigenvalue weighted by molar-refractivity contribution is 7.22. The molecule has 0 saturated carbocycles. The van der Waals surface area contributed by atoms with Crippen LogP contribution in [0.2, 0.25) is 0 Å². The van der Waals surface area contributed by atoms with Gasteiger partial charge in [0.25, 0.3) is 0 Å². The summed E-state index contributed by atoms with van der Waals surface area (Å²) in [5.41, 5.74) is 17.5. The van der Waals surface area contributed by atoms with Crippen molar-refractivity contribution in [2.24, 2.45) is 23.7 Å². The predicted molar refractivity (Wildman–Crippen MR) is 326 cm³/mol. The highest BCUT2D eigenvalue weighted by Gasteiger charge is 2.51. The molecule has 0 bridgehead atoms. The van der Waals surface area contributed by atoms with Crippen LogP contribution in [-0.4, -0.2) is 8.75 Å². The zero-order valence-electron chi connectivity index (χ0n) is 47.5. The summed E-state index contributed by atoms with van der Waals surface area (Å²) >= 11 is 5.40. The summed E-state index contributed by atoms with van der Waals surface area (Å²) in [6.07, 6.45) is 25.6. The van der Waals surface area contributed by atoms with E-state index >= 15 is 0 Å².